The Balaban J connectivity index is 1.91. The number of hydrogen-bond acceptors (Lipinski definition) is 4. The Morgan fingerprint density at radius 2 is 1.81 bits per heavy atom. The largest absolute Gasteiger partial charge is 0.490 e. The fourth-order valence-electron chi connectivity index (χ4n) is 3.50. The second-order valence-corrected chi connectivity index (χ2v) is 8.14. The van der Waals surface area contributed by atoms with Crippen molar-refractivity contribution in [2.24, 2.45) is 0 Å². The summed E-state index contributed by atoms with van der Waals surface area (Å²) in [5.41, 5.74) is 4.02. The average Bonchev–Trinajstić information content (AvgIpc) is 2.76. The van der Waals surface area contributed by atoms with E-state index in [4.69, 9.17) is 21.7 Å². The molecule has 0 saturated carbocycles. The summed E-state index contributed by atoms with van der Waals surface area (Å²) in [7, 11) is 0. The molecule has 170 valence electrons. The van der Waals surface area contributed by atoms with Crippen LogP contribution < -0.4 is 25.4 Å². The molecule has 0 aliphatic carbocycles. The van der Waals surface area contributed by atoms with Crippen LogP contribution in [0.2, 0.25) is 0 Å². The van der Waals surface area contributed by atoms with Crippen LogP contribution >= 0.6 is 12.2 Å². The van der Waals surface area contributed by atoms with Crippen LogP contribution in [0.1, 0.15) is 50.8 Å². The number of allylic oxidation sites excluding steroid dienone is 1. The van der Waals surface area contributed by atoms with Crippen molar-refractivity contribution in [3.63, 3.8) is 0 Å². The van der Waals surface area contributed by atoms with E-state index in [1.54, 1.807) is 0 Å². The van der Waals surface area contributed by atoms with Gasteiger partial charge in [0.2, 0.25) is 0 Å². The van der Waals surface area contributed by atoms with E-state index in [0.29, 0.717) is 41.1 Å². The van der Waals surface area contributed by atoms with Crippen LogP contribution in [-0.2, 0) is 4.79 Å². The van der Waals surface area contributed by atoms with Crippen molar-refractivity contribution in [2.45, 2.75) is 46.6 Å². The van der Waals surface area contributed by atoms with Gasteiger partial charge in [-0.1, -0.05) is 37.1 Å². The number of ether oxygens (including phenoxy) is 2. The van der Waals surface area contributed by atoms with Crippen LogP contribution in [0, 0.1) is 6.92 Å². The number of unbranched alkanes of at least 4 members (excludes halogenated alkanes) is 1. The van der Waals surface area contributed by atoms with E-state index in [-0.39, 0.29) is 5.91 Å². The molecule has 6 nitrogen and oxygen atoms in total. The highest BCUT2D eigenvalue weighted by Crippen LogP contribution is 2.35. The third-order valence-corrected chi connectivity index (χ3v) is 5.40. The number of benzene rings is 2. The molecule has 1 atom stereocenters. The van der Waals surface area contributed by atoms with E-state index in [9.17, 15) is 4.79 Å². The molecule has 7 heteroatoms. The lowest BCUT2D eigenvalue weighted by molar-refractivity contribution is -0.113. The Morgan fingerprint density at radius 3 is 2.50 bits per heavy atom. The molecule has 0 spiro atoms. The molecular weight excluding hydrogens is 422 g/mol. The zero-order valence-corrected chi connectivity index (χ0v) is 19.9. The lowest BCUT2D eigenvalue weighted by Gasteiger charge is -2.30. The minimum absolute atomic E-state index is 0.194. The second kappa shape index (κ2) is 11.0. The van der Waals surface area contributed by atoms with Gasteiger partial charge in [-0.3, -0.25) is 4.79 Å². The highest BCUT2D eigenvalue weighted by Gasteiger charge is 2.30. The van der Waals surface area contributed by atoms with Crippen LogP contribution in [0.4, 0.5) is 5.69 Å². The molecule has 0 saturated heterocycles. The van der Waals surface area contributed by atoms with Crippen LogP contribution in [0.15, 0.2) is 53.7 Å². The van der Waals surface area contributed by atoms with Crippen LogP contribution in [0.3, 0.4) is 0 Å². The lowest BCUT2D eigenvalue weighted by atomic mass is 9.94. The summed E-state index contributed by atoms with van der Waals surface area (Å²) < 4.78 is 11.7. The predicted molar refractivity (Wildman–Crippen MR) is 132 cm³/mol. The Bertz CT molecular complexity index is 1000. The van der Waals surface area contributed by atoms with Gasteiger partial charge < -0.3 is 25.4 Å². The molecule has 1 amide bonds. The molecule has 0 radical (unpaired) electrons. The maximum absolute atomic E-state index is 13.3. The third-order valence-electron chi connectivity index (χ3n) is 5.18. The first-order chi connectivity index (χ1) is 15.4. The Labute approximate surface area is 195 Å². The third kappa shape index (κ3) is 5.79. The van der Waals surface area contributed by atoms with E-state index < -0.39 is 6.04 Å². The minimum Gasteiger partial charge on any atom is -0.490 e. The van der Waals surface area contributed by atoms with Crippen LogP contribution in [0.25, 0.3) is 0 Å². The van der Waals surface area contributed by atoms with Crippen molar-refractivity contribution in [2.75, 3.05) is 18.5 Å². The number of carbonyl (C=O) groups is 1. The maximum atomic E-state index is 13.3. The van der Waals surface area contributed by atoms with E-state index in [0.717, 1.165) is 29.7 Å². The molecule has 0 unspecified atom stereocenters. The van der Waals surface area contributed by atoms with Gasteiger partial charge in [-0.25, -0.2) is 0 Å². The first-order valence-corrected chi connectivity index (χ1v) is 11.4. The van der Waals surface area contributed by atoms with Crippen molar-refractivity contribution in [1.29, 1.82) is 0 Å². The summed E-state index contributed by atoms with van der Waals surface area (Å²) in [6, 6.07) is 13.1. The topological polar surface area (TPSA) is 71.6 Å². The smallest absolute Gasteiger partial charge is 0.255 e. The number of carbonyl (C=O) groups excluding carboxylic acids is 1. The quantitative estimate of drug-likeness (QED) is 0.366. The number of rotatable bonds is 9. The van der Waals surface area contributed by atoms with Gasteiger partial charge in [0.15, 0.2) is 16.6 Å². The van der Waals surface area contributed by atoms with Crippen LogP contribution in [0.5, 0.6) is 11.5 Å². The first-order valence-electron chi connectivity index (χ1n) is 11.0. The maximum Gasteiger partial charge on any atom is 0.255 e. The van der Waals surface area contributed by atoms with E-state index in [1.165, 1.54) is 0 Å². The summed E-state index contributed by atoms with van der Waals surface area (Å²) in [5.74, 6) is 1.16. The summed E-state index contributed by atoms with van der Waals surface area (Å²) >= 11 is 5.38. The molecule has 2 aromatic rings. The lowest BCUT2D eigenvalue weighted by Crippen LogP contribution is -2.45. The SMILES string of the molecule is CCCCOc1ccc([C@H]2NC(=S)NC(C)=C2C(=O)Nc2ccc(C)cc2)cc1OCC. The number of thiocarbonyl (C=S) groups is 1. The molecule has 32 heavy (non-hydrogen) atoms. The van der Waals surface area contributed by atoms with Crippen molar-refractivity contribution < 1.29 is 14.3 Å². The molecule has 1 aliphatic heterocycles. The number of anilines is 1. The Hall–Kier alpha value is -3.06. The highest BCUT2D eigenvalue weighted by atomic mass is 32.1. The molecule has 1 heterocycles. The second-order valence-electron chi connectivity index (χ2n) is 7.73. The standard InChI is InChI=1S/C25H31N3O3S/c1-5-7-14-31-20-13-10-18(15-21(20)30-6-2)23-22(17(4)26-25(32)28-23)24(29)27-19-11-8-16(3)9-12-19/h8-13,15,23H,5-7,14H2,1-4H3,(H,27,29)(H2,26,28,32)/t23-/m1/s1. The normalized spacial score (nSPS) is 15.6. The molecular formula is C25H31N3O3S. The van der Waals surface area contributed by atoms with E-state index in [2.05, 4.69) is 22.9 Å². The van der Waals surface area contributed by atoms with Gasteiger partial charge in [-0.15, -0.1) is 0 Å². The highest BCUT2D eigenvalue weighted by molar-refractivity contribution is 7.80. The van der Waals surface area contributed by atoms with Gasteiger partial charge in [0, 0.05) is 11.4 Å². The van der Waals surface area contributed by atoms with Crippen molar-refractivity contribution in [3.8, 4) is 11.5 Å². The summed E-state index contributed by atoms with van der Waals surface area (Å²) in [5, 5.41) is 9.77. The van der Waals surface area contributed by atoms with E-state index in [1.807, 2.05) is 63.2 Å². The van der Waals surface area contributed by atoms with Crippen molar-refractivity contribution in [1.82, 2.24) is 10.6 Å². The molecule has 1 aliphatic rings. The first kappa shape index (κ1) is 23.6. The molecule has 0 bridgehead atoms. The van der Waals surface area contributed by atoms with E-state index >= 15 is 0 Å². The van der Waals surface area contributed by atoms with Crippen molar-refractivity contribution >= 4 is 28.9 Å². The van der Waals surface area contributed by atoms with Gasteiger partial charge in [0.1, 0.15) is 0 Å². The van der Waals surface area contributed by atoms with Gasteiger partial charge in [-0.05, 0) is 69.2 Å². The molecule has 3 rings (SSSR count). The summed E-state index contributed by atoms with van der Waals surface area (Å²) in [4.78, 5) is 13.3. The number of amides is 1. The van der Waals surface area contributed by atoms with Gasteiger partial charge in [0.05, 0.1) is 24.8 Å². The van der Waals surface area contributed by atoms with Crippen molar-refractivity contribution in [3.05, 3.63) is 64.9 Å². The monoisotopic (exact) mass is 453 g/mol. The fourth-order valence-corrected chi connectivity index (χ4v) is 3.77. The number of aryl methyl sites for hydroxylation is 1. The average molecular weight is 454 g/mol. The molecule has 3 N–H and O–H groups in total. The predicted octanol–water partition coefficient (Wildman–Crippen LogP) is 5.00. The summed E-state index contributed by atoms with van der Waals surface area (Å²) in [6.07, 6.45) is 2.03. The number of hydrogen-bond donors (Lipinski definition) is 3. The zero-order valence-electron chi connectivity index (χ0n) is 19.1. The number of nitrogens with one attached hydrogen (secondary N) is 3. The minimum atomic E-state index is -0.418. The van der Waals surface area contributed by atoms with Gasteiger partial charge >= 0.3 is 0 Å². The Morgan fingerprint density at radius 1 is 1.06 bits per heavy atom. The van der Waals surface area contributed by atoms with Gasteiger partial charge in [0.25, 0.3) is 5.91 Å². The molecule has 0 fully saturated rings. The molecule has 2 aromatic carbocycles. The summed E-state index contributed by atoms with van der Waals surface area (Å²) in [6.45, 7) is 9.08. The van der Waals surface area contributed by atoms with Gasteiger partial charge in [-0.2, -0.15) is 0 Å². The Kier molecular flexibility index (Phi) is 8.11. The molecule has 0 aromatic heterocycles. The fraction of sp³-hybridized carbons (Fsp3) is 0.360. The zero-order chi connectivity index (χ0) is 23.1. The van der Waals surface area contributed by atoms with Crippen LogP contribution in [-0.4, -0.2) is 24.2 Å².